The molecule has 6 heteroatoms. The lowest BCUT2D eigenvalue weighted by Crippen LogP contribution is -2.14. The molecule has 0 bridgehead atoms. The number of anilines is 1. The number of halogens is 1. The zero-order valence-corrected chi connectivity index (χ0v) is 17.3. The third kappa shape index (κ3) is 5.84. The van der Waals surface area contributed by atoms with E-state index in [1.807, 2.05) is 30.3 Å². The number of nitrogens with one attached hydrogen (secondary N) is 1. The average Bonchev–Trinajstić information content (AvgIpc) is 2.74. The second-order valence-corrected chi connectivity index (χ2v) is 6.93. The van der Waals surface area contributed by atoms with Crippen molar-refractivity contribution in [2.24, 2.45) is 0 Å². The quantitative estimate of drug-likeness (QED) is 0.501. The molecule has 0 aliphatic carbocycles. The normalized spacial score (nSPS) is 10.3. The molecule has 0 spiro atoms. The molecule has 0 atom stereocenters. The van der Waals surface area contributed by atoms with Crippen LogP contribution in [-0.4, -0.2) is 18.5 Å². The summed E-state index contributed by atoms with van der Waals surface area (Å²) in [4.78, 5) is 24.4. The zero-order chi connectivity index (χ0) is 21.3. The molecule has 0 heterocycles. The predicted molar refractivity (Wildman–Crippen MR) is 117 cm³/mol. The van der Waals surface area contributed by atoms with Crippen LogP contribution < -0.4 is 10.1 Å². The summed E-state index contributed by atoms with van der Waals surface area (Å²) in [6.45, 7) is 2.44. The molecular weight excluding hydrogens is 402 g/mol. The van der Waals surface area contributed by atoms with Crippen LogP contribution in [0, 0.1) is 0 Å². The molecule has 0 aliphatic rings. The van der Waals surface area contributed by atoms with Crippen LogP contribution in [0.1, 0.15) is 28.4 Å². The Kier molecular flexibility index (Phi) is 7.46. The maximum atomic E-state index is 12.9. The minimum atomic E-state index is -0.373. The van der Waals surface area contributed by atoms with Crippen LogP contribution in [0.4, 0.5) is 5.69 Å². The van der Waals surface area contributed by atoms with Gasteiger partial charge in [-0.15, -0.1) is 0 Å². The SMILES string of the molecule is CCOC(=O)Cc1ccc(NC(=O)c2c(Cl)cccc2OCc2ccccc2)cc1. The first-order valence-corrected chi connectivity index (χ1v) is 9.95. The Labute approximate surface area is 180 Å². The molecule has 3 rings (SSSR count). The van der Waals surface area contributed by atoms with Gasteiger partial charge < -0.3 is 14.8 Å². The third-order valence-corrected chi connectivity index (χ3v) is 4.62. The molecule has 5 nitrogen and oxygen atoms in total. The van der Waals surface area contributed by atoms with Crippen molar-refractivity contribution < 1.29 is 19.1 Å². The molecule has 0 radical (unpaired) electrons. The fourth-order valence-electron chi connectivity index (χ4n) is 2.86. The Bertz CT molecular complexity index is 1000. The van der Waals surface area contributed by atoms with E-state index in [0.29, 0.717) is 29.7 Å². The fraction of sp³-hybridized carbons (Fsp3) is 0.167. The molecule has 0 saturated carbocycles. The van der Waals surface area contributed by atoms with E-state index in [4.69, 9.17) is 21.1 Å². The summed E-state index contributed by atoms with van der Waals surface area (Å²) < 4.78 is 10.8. The number of hydrogen-bond donors (Lipinski definition) is 1. The number of carbonyl (C=O) groups excluding carboxylic acids is 2. The van der Waals surface area contributed by atoms with Gasteiger partial charge in [0.05, 0.1) is 18.1 Å². The van der Waals surface area contributed by atoms with Gasteiger partial charge in [0.25, 0.3) is 5.91 Å². The van der Waals surface area contributed by atoms with Gasteiger partial charge in [0.15, 0.2) is 0 Å². The van der Waals surface area contributed by atoms with E-state index in [1.54, 1.807) is 49.4 Å². The monoisotopic (exact) mass is 423 g/mol. The smallest absolute Gasteiger partial charge is 0.310 e. The standard InChI is InChI=1S/C24H22ClNO4/c1-2-29-22(27)15-17-11-13-19(14-12-17)26-24(28)23-20(25)9-6-10-21(23)30-16-18-7-4-3-5-8-18/h3-14H,2,15-16H2,1H3,(H,26,28). The zero-order valence-electron chi connectivity index (χ0n) is 16.6. The summed E-state index contributed by atoms with van der Waals surface area (Å²) >= 11 is 6.29. The maximum absolute atomic E-state index is 12.9. The summed E-state index contributed by atoms with van der Waals surface area (Å²) in [5, 5.41) is 3.13. The van der Waals surface area contributed by atoms with Crippen molar-refractivity contribution in [1.29, 1.82) is 0 Å². The Hall–Kier alpha value is -3.31. The minimum absolute atomic E-state index is 0.185. The van der Waals surface area contributed by atoms with Crippen LogP contribution in [0.5, 0.6) is 5.75 Å². The van der Waals surface area contributed by atoms with Gasteiger partial charge in [-0.1, -0.05) is 60.1 Å². The maximum Gasteiger partial charge on any atom is 0.310 e. The van der Waals surface area contributed by atoms with Crippen LogP contribution in [0.15, 0.2) is 72.8 Å². The fourth-order valence-corrected chi connectivity index (χ4v) is 3.11. The van der Waals surface area contributed by atoms with Crippen LogP contribution in [0.2, 0.25) is 5.02 Å². The van der Waals surface area contributed by atoms with Crippen LogP contribution in [0.3, 0.4) is 0 Å². The van der Waals surface area contributed by atoms with Crippen LogP contribution in [0.25, 0.3) is 0 Å². The largest absolute Gasteiger partial charge is 0.488 e. The Morgan fingerprint density at radius 3 is 2.33 bits per heavy atom. The third-order valence-electron chi connectivity index (χ3n) is 4.31. The molecule has 0 fully saturated rings. The number of rotatable bonds is 8. The van der Waals surface area contributed by atoms with E-state index < -0.39 is 0 Å². The van der Waals surface area contributed by atoms with Crippen LogP contribution >= 0.6 is 11.6 Å². The lowest BCUT2D eigenvalue weighted by atomic mass is 10.1. The summed E-state index contributed by atoms with van der Waals surface area (Å²) in [7, 11) is 0. The van der Waals surface area contributed by atoms with Crippen molar-refractivity contribution in [1.82, 2.24) is 0 Å². The molecule has 154 valence electrons. The molecule has 0 aromatic heterocycles. The number of esters is 1. The van der Waals surface area contributed by atoms with Crippen molar-refractivity contribution in [3.63, 3.8) is 0 Å². The summed E-state index contributed by atoms with van der Waals surface area (Å²) in [5.74, 6) is -0.254. The van der Waals surface area contributed by atoms with Crippen molar-refractivity contribution in [3.05, 3.63) is 94.5 Å². The Morgan fingerprint density at radius 1 is 0.900 bits per heavy atom. The second kappa shape index (κ2) is 10.5. The van der Waals surface area contributed by atoms with Crippen molar-refractivity contribution in [2.75, 3.05) is 11.9 Å². The van der Waals surface area contributed by atoms with Gasteiger partial charge >= 0.3 is 5.97 Å². The number of ether oxygens (including phenoxy) is 2. The lowest BCUT2D eigenvalue weighted by molar-refractivity contribution is -0.142. The van der Waals surface area contributed by atoms with E-state index in [2.05, 4.69) is 5.32 Å². The first-order valence-electron chi connectivity index (χ1n) is 9.58. The van der Waals surface area contributed by atoms with Gasteiger partial charge in [0, 0.05) is 5.69 Å². The topological polar surface area (TPSA) is 64.6 Å². The average molecular weight is 424 g/mol. The molecule has 3 aromatic rings. The summed E-state index contributed by atoms with van der Waals surface area (Å²) in [6.07, 6.45) is 0.185. The first-order chi connectivity index (χ1) is 14.6. The minimum Gasteiger partial charge on any atom is -0.488 e. The number of hydrogen-bond acceptors (Lipinski definition) is 4. The molecule has 1 amide bonds. The van der Waals surface area contributed by atoms with Gasteiger partial charge in [-0.2, -0.15) is 0 Å². The Balaban J connectivity index is 1.69. The molecule has 30 heavy (non-hydrogen) atoms. The molecule has 3 aromatic carbocycles. The van der Waals surface area contributed by atoms with Gasteiger partial charge in [-0.3, -0.25) is 9.59 Å². The molecular formula is C24H22ClNO4. The highest BCUT2D eigenvalue weighted by molar-refractivity contribution is 6.34. The Morgan fingerprint density at radius 2 is 1.63 bits per heavy atom. The number of carbonyl (C=O) groups is 2. The summed E-state index contributed by atoms with van der Waals surface area (Å²) in [6, 6.07) is 21.8. The highest BCUT2D eigenvalue weighted by atomic mass is 35.5. The predicted octanol–water partition coefficient (Wildman–Crippen LogP) is 5.28. The van der Waals surface area contributed by atoms with Gasteiger partial charge in [0.1, 0.15) is 17.9 Å². The van der Waals surface area contributed by atoms with Crippen molar-refractivity contribution in [3.8, 4) is 5.75 Å². The molecule has 1 N–H and O–H groups in total. The molecule has 0 saturated heterocycles. The van der Waals surface area contributed by atoms with E-state index in [0.717, 1.165) is 11.1 Å². The van der Waals surface area contributed by atoms with Gasteiger partial charge in [0.2, 0.25) is 0 Å². The van der Waals surface area contributed by atoms with Crippen molar-refractivity contribution >= 4 is 29.2 Å². The number of amides is 1. The molecule has 0 aliphatic heterocycles. The van der Waals surface area contributed by atoms with E-state index in [9.17, 15) is 9.59 Å². The van der Waals surface area contributed by atoms with Gasteiger partial charge in [-0.05, 0) is 42.3 Å². The highest BCUT2D eigenvalue weighted by Crippen LogP contribution is 2.28. The lowest BCUT2D eigenvalue weighted by Gasteiger charge is -2.13. The molecule has 0 unspecified atom stereocenters. The first kappa shape index (κ1) is 21.4. The second-order valence-electron chi connectivity index (χ2n) is 6.52. The summed E-state index contributed by atoms with van der Waals surface area (Å²) in [5.41, 5.74) is 2.64. The van der Waals surface area contributed by atoms with E-state index in [1.165, 1.54) is 0 Å². The van der Waals surface area contributed by atoms with Gasteiger partial charge in [-0.25, -0.2) is 0 Å². The van der Waals surface area contributed by atoms with E-state index >= 15 is 0 Å². The van der Waals surface area contributed by atoms with E-state index in [-0.39, 0.29) is 23.9 Å². The highest BCUT2D eigenvalue weighted by Gasteiger charge is 2.17. The van der Waals surface area contributed by atoms with Crippen molar-refractivity contribution in [2.45, 2.75) is 20.0 Å². The van der Waals surface area contributed by atoms with Crippen LogP contribution in [-0.2, 0) is 22.6 Å². The number of benzene rings is 3.